The third-order valence-corrected chi connectivity index (χ3v) is 5.27. The number of esters is 2. The van der Waals surface area contributed by atoms with Crippen LogP contribution >= 0.6 is 0 Å². The Bertz CT molecular complexity index is 1140. The van der Waals surface area contributed by atoms with Gasteiger partial charge in [-0.1, -0.05) is 6.92 Å². The van der Waals surface area contributed by atoms with Gasteiger partial charge in [-0.3, -0.25) is 14.4 Å². The van der Waals surface area contributed by atoms with Gasteiger partial charge in [0.15, 0.2) is 17.3 Å². The summed E-state index contributed by atoms with van der Waals surface area (Å²) in [5, 5.41) is 0. The van der Waals surface area contributed by atoms with Gasteiger partial charge in [-0.2, -0.15) is 0 Å². The summed E-state index contributed by atoms with van der Waals surface area (Å²) in [6, 6.07) is 8.18. The fraction of sp³-hybridized carbons (Fsp3) is 0.414. The van der Waals surface area contributed by atoms with Crippen LogP contribution in [-0.4, -0.2) is 31.9 Å². The molecule has 0 N–H and O–H groups in total. The normalized spacial score (nSPS) is 11.8. The molecule has 0 aliphatic rings. The Hall–Kier alpha value is -3.61. The van der Waals surface area contributed by atoms with E-state index in [4.69, 9.17) is 18.9 Å². The minimum absolute atomic E-state index is 0.244. The third-order valence-electron chi connectivity index (χ3n) is 5.27. The van der Waals surface area contributed by atoms with E-state index in [1.165, 1.54) is 20.3 Å². The molecule has 7 nitrogen and oxygen atoms in total. The molecule has 2 aromatic carbocycles. The number of carbonyl (C=O) groups excluding carboxylic acids is 3. The average molecular weight is 497 g/mol. The SMILES string of the molecule is CCc1cc(C=CC(=O)c2ccc(OC(=O)C(C)(C)C)cc2)c(OC)c(OC)c1OC(=O)C(C)(C)C. The molecular weight excluding hydrogens is 460 g/mol. The van der Waals surface area contributed by atoms with Gasteiger partial charge in [0, 0.05) is 11.1 Å². The van der Waals surface area contributed by atoms with Crippen molar-refractivity contribution in [3.05, 3.63) is 53.1 Å². The molecule has 0 aliphatic carbocycles. The predicted molar refractivity (Wildman–Crippen MR) is 139 cm³/mol. The molecule has 2 rings (SSSR count). The second-order valence-corrected chi connectivity index (χ2v) is 10.4. The Kier molecular flexibility index (Phi) is 9.08. The van der Waals surface area contributed by atoms with Gasteiger partial charge >= 0.3 is 11.9 Å². The van der Waals surface area contributed by atoms with Crippen LogP contribution in [0.3, 0.4) is 0 Å². The quantitative estimate of drug-likeness (QED) is 0.190. The van der Waals surface area contributed by atoms with Gasteiger partial charge in [-0.25, -0.2) is 0 Å². The Morgan fingerprint density at radius 3 is 1.78 bits per heavy atom. The Morgan fingerprint density at radius 2 is 1.31 bits per heavy atom. The fourth-order valence-corrected chi connectivity index (χ4v) is 3.05. The second kappa shape index (κ2) is 11.4. The number of methoxy groups -OCH3 is 2. The van der Waals surface area contributed by atoms with Gasteiger partial charge in [0.1, 0.15) is 5.75 Å². The molecule has 0 amide bonds. The fourth-order valence-electron chi connectivity index (χ4n) is 3.05. The van der Waals surface area contributed by atoms with E-state index in [1.54, 1.807) is 71.9 Å². The van der Waals surface area contributed by atoms with E-state index in [9.17, 15) is 14.4 Å². The first-order valence-corrected chi connectivity index (χ1v) is 11.8. The van der Waals surface area contributed by atoms with Crippen molar-refractivity contribution in [3.8, 4) is 23.0 Å². The monoisotopic (exact) mass is 496 g/mol. The zero-order valence-corrected chi connectivity index (χ0v) is 22.6. The number of aryl methyl sites for hydroxylation is 1. The maximum absolute atomic E-state index is 12.8. The zero-order chi connectivity index (χ0) is 27.3. The van der Waals surface area contributed by atoms with Gasteiger partial charge in [-0.15, -0.1) is 0 Å². The maximum Gasteiger partial charge on any atom is 0.316 e. The summed E-state index contributed by atoms with van der Waals surface area (Å²) in [6.07, 6.45) is 3.62. The van der Waals surface area contributed by atoms with Crippen molar-refractivity contribution in [1.29, 1.82) is 0 Å². The lowest BCUT2D eigenvalue weighted by Gasteiger charge is -2.22. The lowest BCUT2D eigenvalue weighted by molar-refractivity contribution is -0.143. The first-order chi connectivity index (χ1) is 16.7. The molecule has 0 saturated carbocycles. The zero-order valence-electron chi connectivity index (χ0n) is 22.6. The van der Waals surface area contributed by atoms with Crippen LogP contribution in [0, 0.1) is 10.8 Å². The number of rotatable bonds is 8. The molecule has 0 radical (unpaired) electrons. The van der Waals surface area contributed by atoms with E-state index in [2.05, 4.69) is 0 Å². The van der Waals surface area contributed by atoms with Crippen molar-refractivity contribution in [3.63, 3.8) is 0 Å². The van der Waals surface area contributed by atoms with Crippen LogP contribution in [0.25, 0.3) is 6.08 Å². The molecule has 0 unspecified atom stereocenters. The van der Waals surface area contributed by atoms with Crippen LogP contribution in [0.15, 0.2) is 36.4 Å². The van der Waals surface area contributed by atoms with Crippen LogP contribution in [0.1, 0.15) is 70.0 Å². The van der Waals surface area contributed by atoms with Gasteiger partial charge in [0.25, 0.3) is 0 Å². The molecule has 0 fully saturated rings. The molecule has 0 aliphatic heterocycles. The molecule has 0 bridgehead atoms. The highest BCUT2D eigenvalue weighted by Crippen LogP contribution is 2.44. The number of hydrogen-bond acceptors (Lipinski definition) is 7. The van der Waals surface area contributed by atoms with Gasteiger partial charge in [-0.05, 0) is 96.0 Å². The highest BCUT2D eigenvalue weighted by atomic mass is 16.6. The minimum atomic E-state index is -0.700. The lowest BCUT2D eigenvalue weighted by Crippen LogP contribution is -2.26. The van der Waals surface area contributed by atoms with E-state index in [0.717, 1.165) is 5.56 Å². The molecular formula is C29H36O7. The van der Waals surface area contributed by atoms with Crippen molar-refractivity contribution < 1.29 is 33.3 Å². The smallest absolute Gasteiger partial charge is 0.316 e. The minimum Gasteiger partial charge on any atom is -0.492 e. The van der Waals surface area contributed by atoms with Crippen molar-refractivity contribution in [2.45, 2.75) is 54.9 Å². The molecule has 36 heavy (non-hydrogen) atoms. The van der Waals surface area contributed by atoms with Crippen LogP contribution in [-0.2, 0) is 16.0 Å². The summed E-state index contributed by atoms with van der Waals surface area (Å²) in [4.78, 5) is 37.4. The van der Waals surface area contributed by atoms with E-state index in [0.29, 0.717) is 34.8 Å². The topological polar surface area (TPSA) is 88.1 Å². The number of hydrogen-bond donors (Lipinski definition) is 0. The number of allylic oxidation sites excluding steroid dienone is 1. The lowest BCUT2D eigenvalue weighted by atomic mass is 9.97. The molecule has 0 saturated heterocycles. The van der Waals surface area contributed by atoms with E-state index in [1.807, 2.05) is 13.0 Å². The molecule has 7 heteroatoms. The summed E-state index contributed by atoms with van der Waals surface area (Å²) in [5.41, 5.74) is 0.442. The molecule has 2 aromatic rings. The van der Waals surface area contributed by atoms with E-state index >= 15 is 0 Å². The van der Waals surface area contributed by atoms with E-state index in [-0.39, 0.29) is 17.5 Å². The molecule has 0 atom stereocenters. The number of ether oxygens (including phenoxy) is 4. The third kappa shape index (κ3) is 6.97. The first kappa shape index (κ1) is 28.6. The van der Waals surface area contributed by atoms with Gasteiger partial charge < -0.3 is 18.9 Å². The largest absolute Gasteiger partial charge is 0.492 e. The highest BCUT2D eigenvalue weighted by Gasteiger charge is 2.28. The first-order valence-electron chi connectivity index (χ1n) is 11.8. The standard InChI is InChI=1S/C29H36O7/c1-10-18-17-20(23(33-8)25(34-9)24(18)36-27(32)29(5,6)7)13-16-22(30)19-11-14-21(15-12-19)35-26(31)28(2,3)4/h11-17H,10H2,1-9H3. The number of carbonyl (C=O) groups is 3. The van der Waals surface area contributed by atoms with Crippen molar-refractivity contribution in [2.75, 3.05) is 14.2 Å². The average Bonchev–Trinajstić information content (AvgIpc) is 2.81. The highest BCUT2D eigenvalue weighted by molar-refractivity contribution is 6.07. The van der Waals surface area contributed by atoms with Gasteiger partial charge in [0.2, 0.25) is 5.75 Å². The van der Waals surface area contributed by atoms with Gasteiger partial charge in [0.05, 0.1) is 25.0 Å². The van der Waals surface area contributed by atoms with Crippen LogP contribution in [0.5, 0.6) is 23.0 Å². The summed E-state index contributed by atoms with van der Waals surface area (Å²) in [5.74, 6) is 0.312. The number of benzene rings is 2. The van der Waals surface area contributed by atoms with Crippen LogP contribution < -0.4 is 18.9 Å². The van der Waals surface area contributed by atoms with Crippen LogP contribution in [0.4, 0.5) is 0 Å². The summed E-state index contributed by atoms with van der Waals surface area (Å²) in [7, 11) is 2.95. The Morgan fingerprint density at radius 1 is 0.778 bits per heavy atom. The predicted octanol–water partition coefficient (Wildman–Crippen LogP) is 6.07. The molecule has 0 heterocycles. The Labute approximate surface area is 213 Å². The Balaban J connectivity index is 2.35. The summed E-state index contributed by atoms with van der Waals surface area (Å²) in [6.45, 7) is 12.6. The van der Waals surface area contributed by atoms with Crippen molar-refractivity contribution in [2.24, 2.45) is 10.8 Å². The summed E-state index contributed by atoms with van der Waals surface area (Å²) < 4.78 is 22.2. The maximum atomic E-state index is 12.8. The second-order valence-electron chi connectivity index (χ2n) is 10.4. The molecule has 0 aromatic heterocycles. The van der Waals surface area contributed by atoms with E-state index < -0.39 is 16.8 Å². The molecule has 0 spiro atoms. The van der Waals surface area contributed by atoms with Crippen molar-refractivity contribution in [1.82, 2.24) is 0 Å². The van der Waals surface area contributed by atoms with Crippen LogP contribution in [0.2, 0.25) is 0 Å². The summed E-state index contributed by atoms with van der Waals surface area (Å²) >= 11 is 0. The molecule has 194 valence electrons. The number of ketones is 1. The van der Waals surface area contributed by atoms with Crippen molar-refractivity contribution >= 4 is 23.8 Å².